The third kappa shape index (κ3) is 30.7. The summed E-state index contributed by atoms with van der Waals surface area (Å²) in [7, 11) is -5.12. The fourth-order valence-electron chi connectivity index (χ4n) is 7.82. The highest BCUT2D eigenvalue weighted by atomic mass is 31.2. The van der Waals surface area contributed by atoms with E-state index in [4.69, 9.17) is 18.5 Å². The molecule has 0 spiro atoms. The van der Waals surface area contributed by atoms with E-state index >= 15 is 0 Å². The first-order chi connectivity index (χ1) is 29.9. The lowest BCUT2D eigenvalue weighted by atomic mass is 9.85. The van der Waals surface area contributed by atoms with Crippen LogP contribution in [0, 0.1) is 0 Å². The van der Waals surface area contributed by atoms with Crippen LogP contribution in [0.15, 0.2) is 12.2 Å². The number of unbranched alkanes of at least 4 members (excludes halogenated alkanes) is 28. The molecule has 0 aliphatic heterocycles. The number of hydrogen-bond acceptors (Lipinski definition) is 12. The molecule has 8 atom stereocenters. The van der Waals surface area contributed by atoms with Crippen LogP contribution >= 0.6 is 7.82 Å². The molecule has 62 heavy (non-hydrogen) atoms. The van der Waals surface area contributed by atoms with Crippen molar-refractivity contribution in [1.29, 1.82) is 0 Å². The molecule has 1 aliphatic rings. The van der Waals surface area contributed by atoms with Crippen LogP contribution in [0.5, 0.6) is 0 Å². The van der Waals surface area contributed by atoms with Gasteiger partial charge in [0.25, 0.3) is 0 Å². The first kappa shape index (κ1) is 58.6. The third-order valence-corrected chi connectivity index (χ3v) is 12.8. The van der Waals surface area contributed by atoms with Gasteiger partial charge in [0.2, 0.25) is 0 Å². The number of hydrogen-bond donors (Lipinski definition) is 6. The number of aliphatic hydroxyl groups is 5. The molecule has 1 saturated carbocycles. The van der Waals surface area contributed by atoms with Gasteiger partial charge in [0, 0.05) is 12.8 Å². The maximum absolute atomic E-state index is 12.8. The first-order valence-corrected chi connectivity index (χ1v) is 26.5. The number of carbonyl (C=O) groups is 2. The Labute approximate surface area is 375 Å². The van der Waals surface area contributed by atoms with Crippen molar-refractivity contribution < 1.29 is 63.1 Å². The molecule has 6 unspecified atom stereocenters. The lowest BCUT2D eigenvalue weighted by Crippen LogP contribution is -2.64. The molecule has 0 aromatic carbocycles. The summed E-state index contributed by atoms with van der Waals surface area (Å²) in [4.78, 5) is 35.6. The topological polar surface area (TPSA) is 210 Å². The van der Waals surface area contributed by atoms with Gasteiger partial charge in [-0.05, 0) is 32.1 Å². The summed E-state index contributed by atoms with van der Waals surface area (Å²) in [5, 5.41) is 50.1. The van der Waals surface area contributed by atoms with E-state index in [0.717, 1.165) is 38.5 Å². The molecular formula is C48H91O13P. The number of esters is 2. The van der Waals surface area contributed by atoms with Crippen molar-refractivity contribution in [3.63, 3.8) is 0 Å². The van der Waals surface area contributed by atoms with Crippen LogP contribution < -0.4 is 0 Å². The summed E-state index contributed by atoms with van der Waals surface area (Å²) < 4.78 is 33.5. The zero-order chi connectivity index (χ0) is 45.7. The summed E-state index contributed by atoms with van der Waals surface area (Å²) in [6.07, 6.45) is 28.7. The van der Waals surface area contributed by atoms with Gasteiger partial charge < -0.3 is 39.9 Å². The third-order valence-electron chi connectivity index (χ3n) is 11.9. The number of phosphoric acid groups is 1. The standard InChI is InChI=1S/C48H91O13P/c1-3-5-7-9-11-13-15-16-17-18-19-20-21-22-23-24-25-26-27-29-30-32-34-36-41(49)58-38-40(60-42(50)37-35-33-31-28-14-12-10-8-6-4-2)39-59-62(56,57)61-48-46(54)44(52)43(51)45(53)47(48)55/h29-30,40,43-48,51-55H,3-28,31-39H2,1-2H3,(H,56,57)/b30-29+/t40-,43?,44-,45?,46?,47?,48?/m0/s1. The summed E-state index contributed by atoms with van der Waals surface area (Å²) in [5.41, 5.74) is 0. The quantitative estimate of drug-likeness (QED) is 0.0146. The number of carbonyl (C=O) groups excluding carboxylic acids is 2. The monoisotopic (exact) mass is 907 g/mol. The fraction of sp³-hybridized carbons (Fsp3) is 0.917. The van der Waals surface area contributed by atoms with Crippen LogP contribution in [0.25, 0.3) is 0 Å². The van der Waals surface area contributed by atoms with Gasteiger partial charge in [-0.1, -0.05) is 193 Å². The minimum Gasteiger partial charge on any atom is -0.462 e. The second-order valence-corrected chi connectivity index (χ2v) is 19.1. The molecule has 0 heterocycles. The van der Waals surface area contributed by atoms with Crippen LogP contribution in [0.2, 0.25) is 0 Å². The predicted octanol–water partition coefficient (Wildman–Crippen LogP) is 10.2. The Bertz CT molecular complexity index is 1140. The van der Waals surface area contributed by atoms with Gasteiger partial charge in [-0.2, -0.15) is 0 Å². The van der Waals surface area contributed by atoms with Gasteiger partial charge in [-0.15, -0.1) is 0 Å². The molecule has 0 amide bonds. The molecule has 366 valence electrons. The smallest absolute Gasteiger partial charge is 0.462 e. The number of phosphoric ester groups is 1. The number of allylic oxidation sites excluding steroid dienone is 2. The molecule has 13 nitrogen and oxygen atoms in total. The molecule has 0 saturated heterocycles. The molecular weight excluding hydrogens is 815 g/mol. The van der Waals surface area contributed by atoms with Gasteiger partial charge >= 0.3 is 19.8 Å². The van der Waals surface area contributed by atoms with E-state index < -0.39 is 75.7 Å². The molecule has 0 bridgehead atoms. The Hall–Kier alpha value is -1.41. The summed E-state index contributed by atoms with van der Waals surface area (Å²) in [5.74, 6) is -1.13. The van der Waals surface area contributed by atoms with Gasteiger partial charge in [-0.25, -0.2) is 4.57 Å². The molecule has 6 N–H and O–H groups in total. The number of rotatable bonds is 42. The minimum atomic E-state index is -5.12. The van der Waals surface area contributed by atoms with E-state index in [1.807, 2.05) is 0 Å². The van der Waals surface area contributed by atoms with E-state index in [1.54, 1.807) is 0 Å². The molecule has 1 fully saturated rings. The maximum atomic E-state index is 12.8. The second kappa shape index (κ2) is 38.8. The number of aliphatic hydroxyl groups excluding tert-OH is 5. The van der Waals surface area contributed by atoms with E-state index in [1.165, 1.54) is 141 Å². The van der Waals surface area contributed by atoms with E-state index in [0.29, 0.717) is 19.3 Å². The Kier molecular flexibility index (Phi) is 36.7. The van der Waals surface area contributed by atoms with E-state index in [9.17, 15) is 44.6 Å². The fourth-order valence-corrected chi connectivity index (χ4v) is 8.80. The van der Waals surface area contributed by atoms with Crippen molar-refractivity contribution >= 4 is 19.8 Å². The van der Waals surface area contributed by atoms with Crippen molar-refractivity contribution in [2.24, 2.45) is 0 Å². The zero-order valence-corrected chi connectivity index (χ0v) is 39.8. The largest absolute Gasteiger partial charge is 0.472 e. The van der Waals surface area contributed by atoms with Crippen LogP contribution in [0.1, 0.15) is 226 Å². The van der Waals surface area contributed by atoms with Crippen molar-refractivity contribution in [1.82, 2.24) is 0 Å². The minimum absolute atomic E-state index is 0.0959. The van der Waals surface area contributed by atoms with Crippen molar-refractivity contribution in [2.75, 3.05) is 13.2 Å². The van der Waals surface area contributed by atoms with Gasteiger partial charge in [0.1, 0.15) is 43.2 Å². The number of ether oxygens (including phenoxy) is 2. The van der Waals surface area contributed by atoms with Gasteiger partial charge in [0.05, 0.1) is 6.61 Å². The maximum Gasteiger partial charge on any atom is 0.472 e. The Morgan fingerprint density at radius 1 is 0.484 bits per heavy atom. The zero-order valence-electron chi connectivity index (χ0n) is 38.9. The van der Waals surface area contributed by atoms with Crippen molar-refractivity contribution in [3.8, 4) is 0 Å². The van der Waals surface area contributed by atoms with Gasteiger partial charge in [-0.3, -0.25) is 18.6 Å². The van der Waals surface area contributed by atoms with Crippen LogP contribution in [-0.2, 0) is 32.7 Å². The Balaban J connectivity index is 2.34. The summed E-state index contributed by atoms with van der Waals surface area (Å²) >= 11 is 0. The second-order valence-electron chi connectivity index (χ2n) is 17.7. The molecule has 1 rings (SSSR count). The summed E-state index contributed by atoms with van der Waals surface area (Å²) in [6, 6.07) is 0. The Morgan fingerprint density at radius 3 is 1.27 bits per heavy atom. The molecule has 1 aliphatic carbocycles. The molecule has 0 aromatic rings. The molecule has 14 heteroatoms. The molecule has 0 radical (unpaired) electrons. The van der Waals surface area contributed by atoms with Crippen LogP contribution in [-0.4, -0.2) is 98.3 Å². The highest BCUT2D eigenvalue weighted by Gasteiger charge is 2.51. The highest BCUT2D eigenvalue weighted by molar-refractivity contribution is 7.47. The predicted molar refractivity (Wildman–Crippen MR) is 244 cm³/mol. The SMILES string of the molecule is CCCCCCCCCCCCCCCCCCCC/C=C/CCCC(=O)OC[C@@H](COP(=O)(O)OC1C(O)C(O)C(O)[C@H](O)C1O)OC(=O)CCCCCCCCCCCC. The van der Waals surface area contributed by atoms with Crippen molar-refractivity contribution in [2.45, 2.75) is 268 Å². The molecule has 0 aromatic heterocycles. The van der Waals surface area contributed by atoms with Gasteiger partial charge in [0.15, 0.2) is 6.10 Å². The lowest BCUT2D eigenvalue weighted by molar-refractivity contribution is -0.220. The van der Waals surface area contributed by atoms with Crippen LogP contribution in [0.3, 0.4) is 0 Å². The summed E-state index contributed by atoms with van der Waals surface area (Å²) in [6.45, 7) is 3.28. The normalized spacial score (nSPS) is 21.9. The van der Waals surface area contributed by atoms with Crippen molar-refractivity contribution in [3.05, 3.63) is 12.2 Å². The average molecular weight is 907 g/mol. The van der Waals surface area contributed by atoms with E-state index in [-0.39, 0.29) is 12.8 Å². The van der Waals surface area contributed by atoms with Crippen LogP contribution in [0.4, 0.5) is 0 Å². The first-order valence-electron chi connectivity index (χ1n) is 25.0. The highest BCUT2D eigenvalue weighted by Crippen LogP contribution is 2.47. The lowest BCUT2D eigenvalue weighted by Gasteiger charge is -2.41. The Morgan fingerprint density at radius 2 is 0.839 bits per heavy atom. The average Bonchev–Trinajstić information content (AvgIpc) is 3.25. The van der Waals surface area contributed by atoms with E-state index in [2.05, 4.69) is 26.0 Å².